The molecule has 0 saturated carbocycles. The summed E-state index contributed by atoms with van der Waals surface area (Å²) in [6.45, 7) is 0. The van der Waals surface area contributed by atoms with Gasteiger partial charge in [0.15, 0.2) is 12.4 Å². The number of carbonyl (C=O) groups excluding carboxylic acids is 1. The van der Waals surface area contributed by atoms with E-state index in [1.54, 1.807) is 14.2 Å². The summed E-state index contributed by atoms with van der Waals surface area (Å²) in [6.07, 6.45) is -6.92. The van der Waals surface area contributed by atoms with E-state index in [1.807, 2.05) is 24.3 Å². The number of aliphatic hydroxyl groups is 1. The number of carbonyl (C=O) groups is 1. The predicted octanol–water partition coefficient (Wildman–Crippen LogP) is 4.84. The molecule has 0 amide bonds. The van der Waals surface area contributed by atoms with Gasteiger partial charge in [-0.2, -0.15) is 13.2 Å². The van der Waals surface area contributed by atoms with Crippen LogP contribution in [0.5, 0.6) is 0 Å². The molecule has 0 aromatic heterocycles. The average molecular weight is 435 g/mol. The van der Waals surface area contributed by atoms with Crippen molar-refractivity contribution < 1.29 is 32.5 Å². The Bertz CT molecular complexity index is 668. The Labute approximate surface area is 157 Å². The van der Waals surface area contributed by atoms with Crippen LogP contribution in [-0.4, -0.2) is 31.8 Å². The fourth-order valence-corrected chi connectivity index (χ4v) is 2.20. The van der Waals surface area contributed by atoms with Gasteiger partial charge in [-0.05, 0) is 17.7 Å². The van der Waals surface area contributed by atoms with Crippen LogP contribution in [0.1, 0.15) is 33.9 Å². The average Bonchev–Trinajstić information content (AvgIpc) is 2.63. The highest BCUT2D eigenvalue weighted by Gasteiger charge is 2.39. The third-order valence-corrected chi connectivity index (χ3v) is 3.80. The van der Waals surface area contributed by atoms with E-state index in [-0.39, 0.29) is 17.4 Å². The summed E-state index contributed by atoms with van der Waals surface area (Å²) in [5, 5.41) is 8.81. The summed E-state index contributed by atoms with van der Waals surface area (Å²) >= 11 is 3.36. The quantitative estimate of drug-likeness (QED) is 0.540. The molecule has 1 N–H and O–H groups in total. The number of hydrogen-bond acceptors (Lipinski definition) is 4. The zero-order valence-corrected chi connectivity index (χ0v) is 15.6. The Morgan fingerprint density at radius 2 is 1.42 bits per heavy atom. The van der Waals surface area contributed by atoms with Crippen molar-refractivity contribution in [3.8, 4) is 0 Å². The van der Waals surface area contributed by atoms with Crippen LogP contribution in [0.25, 0.3) is 0 Å². The Hall–Kier alpha value is -1.74. The third-order valence-electron chi connectivity index (χ3n) is 3.27. The number of hydrogen-bond donors (Lipinski definition) is 1. The van der Waals surface area contributed by atoms with Crippen LogP contribution in [0, 0.1) is 0 Å². The van der Waals surface area contributed by atoms with Crippen molar-refractivity contribution in [1.82, 2.24) is 0 Å². The van der Waals surface area contributed by atoms with E-state index in [1.165, 1.54) is 12.1 Å². The van der Waals surface area contributed by atoms with Crippen LogP contribution in [0.2, 0.25) is 0 Å². The molecule has 2 rings (SSSR count). The molecule has 2 aromatic carbocycles. The second kappa shape index (κ2) is 10.4. The van der Waals surface area contributed by atoms with Gasteiger partial charge in [0, 0.05) is 29.8 Å². The minimum absolute atomic E-state index is 0.266. The largest absolute Gasteiger partial charge is 0.418 e. The molecule has 2 aromatic rings. The maximum absolute atomic E-state index is 12.0. The van der Waals surface area contributed by atoms with Crippen LogP contribution in [-0.2, 0) is 9.47 Å². The van der Waals surface area contributed by atoms with Gasteiger partial charge in [0.2, 0.25) is 0 Å². The number of alkyl halides is 3. The second-order valence-corrected chi connectivity index (χ2v) is 6.00. The first-order valence-corrected chi connectivity index (χ1v) is 8.13. The van der Waals surface area contributed by atoms with Gasteiger partial charge in [0.1, 0.15) is 6.29 Å². The first kappa shape index (κ1) is 22.3. The lowest BCUT2D eigenvalue weighted by Gasteiger charge is -2.14. The van der Waals surface area contributed by atoms with E-state index in [4.69, 9.17) is 14.6 Å². The highest BCUT2D eigenvalue weighted by molar-refractivity contribution is 9.10. The number of aldehydes is 1. The summed E-state index contributed by atoms with van der Waals surface area (Å²) in [4.78, 5) is 10.2. The smallest absolute Gasteiger partial charge is 0.379 e. The Morgan fingerprint density at radius 3 is 1.81 bits per heavy atom. The molecule has 0 aliphatic rings. The molecule has 1 atom stereocenters. The zero-order chi connectivity index (χ0) is 19.7. The lowest BCUT2D eigenvalue weighted by Crippen LogP contribution is -2.20. The SMILES string of the molecule is COC(OC)c1ccc(Br)cc1.O=Cc1ccc(C(O)C(F)(F)F)cc1. The van der Waals surface area contributed by atoms with E-state index in [9.17, 15) is 18.0 Å². The highest BCUT2D eigenvalue weighted by Crippen LogP contribution is 2.32. The molecule has 26 heavy (non-hydrogen) atoms. The van der Waals surface area contributed by atoms with Crippen molar-refractivity contribution in [3.05, 3.63) is 69.7 Å². The summed E-state index contributed by atoms with van der Waals surface area (Å²) in [5.41, 5.74) is 1.01. The van der Waals surface area contributed by atoms with Crippen LogP contribution >= 0.6 is 15.9 Å². The standard InChI is InChI=1S/C9H11BrO2.C9H7F3O2/c1-11-9(12-2)7-3-5-8(10)6-4-7;10-9(11,12)8(14)7-3-1-6(5-13)2-4-7/h3-6,9H,1-2H3;1-5,8,14H. The molecule has 0 radical (unpaired) electrons. The van der Waals surface area contributed by atoms with Crippen molar-refractivity contribution in [2.75, 3.05) is 14.2 Å². The number of aliphatic hydroxyl groups excluding tert-OH is 1. The zero-order valence-electron chi connectivity index (χ0n) is 14.0. The normalized spacial score (nSPS) is 12.3. The molecule has 0 saturated heterocycles. The van der Waals surface area contributed by atoms with Gasteiger partial charge >= 0.3 is 6.18 Å². The van der Waals surface area contributed by atoms with Gasteiger partial charge in [0.25, 0.3) is 0 Å². The van der Waals surface area contributed by atoms with E-state index < -0.39 is 12.3 Å². The topological polar surface area (TPSA) is 55.8 Å². The molecule has 0 aliphatic carbocycles. The fraction of sp³-hybridized carbons (Fsp3) is 0.278. The number of ether oxygens (including phenoxy) is 2. The molecule has 4 nitrogen and oxygen atoms in total. The summed E-state index contributed by atoms with van der Waals surface area (Å²) in [7, 11) is 3.24. The monoisotopic (exact) mass is 434 g/mol. The first-order chi connectivity index (χ1) is 12.2. The van der Waals surface area contributed by atoms with Crippen LogP contribution < -0.4 is 0 Å². The van der Waals surface area contributed by atoms with Gasteiger partial charge < -0.3 is 14.6 Å². The molecule has 1 unspecified atom stereocenters. The van der Waals surface area contributed by atoms with Crippen molar-refractivity contribution in [2.24, 2.45) is 0 Å². The van der Waals surface area contributed by atoms with Gasteiger partial charge in [-0.25, -0.2) is 0 Å². The van der Waals surface area contributed by atoms with Crippen molar-refractivity contribution in [3.63, 3.8) is 0 Å². The molecular formula is C18H18BrF3O4. The van der Waals surface area contributed by atoms with Crippen LogP contribution in [0.3, 0.4) is 0 Å². The second-order valence-electron chi connectivity index (χ2n) is 5.08. The third kappa shape index (κ3) is 6.87. The molecule has 0 spiro atoms. The lowest BCUT2D eigenvalue weighted by atomic mass is 10.1. The maximum Gasteiger partial charge on any atom is 0.418 e. The minimum atomic E-state index is -4.68. The number of methoxy groups -OCH3 is 2. The minimum Gasteiger partial charge on any atom is -0.379 e. The Balaban J connectivity index is 0.000000263. The number of halogens is 4. The first-order valence-electron chi connectivity index (χ1n) is 7.34. The molecule has 0 fully saturated rings. The highest BCUT2D eigenvalue weighted by atomic mass is 79.9. The summed E-state index contributed by atoms with van der Waals surface area (Å²) in [6, 6.07) is 12.4. The summed E-state index contributed by atoms with van der Waals surface area (Å²) < 4.78 is 47.2. The van der Waals surface area contributed by atoms with Gasteiger partial charge in [-0.3, -0.25) is 4.79 Å². The van der Waals surface area contributed by atoms with Crippen LogP contribution in [0.15, 0.2) is 53.0 Å². The molecular weight excluding hydrogens is 417 g/mol. The number of rotatable bonds is 5. The predicted molar refractivity (Wildman–Crippen MR) is 93.7 cm³/mol. The van der Waals surface area contributed by atoms with E-state index in [0.29, 0.717) is 6.29 Å². The number of benzene rings is 2. The lowest BCUT2D eigenvalue weighted by molar-refractivity contribution is -0.206. The van der Waals surface area contributed by atoms with Gasteiger partial charge in [-0.1, -0.05) is 52.3 Å². The van der Waals surface area contributed by atoms with E-state index in [2.05, 4.69) is 15.9 Å². The molecule has 8 heteroatoms. The fourth-order valence-electron chi connectivity index (χ4n) is 1.93. The van der Waals surface area contributed by atoms with Crippen LogP contribution in [0.4, 0.5) is 13.2 Å². The Kier molecular flexibility index (Phi) is 8.94. The summed E-state index contributed by atoms with van der Waals surface area (Å²) in [5.74, 6) is 0. The van der Waals surface area contributed by atoms with Crippen molar-refractivity contribution in [1.29, 1.82) is 0 Å². The van der Waals surface area contributed by atoms with Crippen molar-refractivity contribution in [2.45, 2.75) is 18.6 Å². The van der Waals surface area contributed by atoms with Gasteiger partial charge in [0.05, 0.1) is 0 Å². The van der Waals surface area contributed by atoms with E-state index >= 15 is 0 Å². The maximum atomic E-state index is 12.0. The van der Waals surface area contributed by atoms with Gasteiger partial charge in [-0.15, -0.1) is 0 Å². The molecule has 0 heterocycles. The molecule has 0 bridgehead atoms. The molecule has 0 aliphatic heterocycles. The molecule has 142 valence electrons. The Morgan fingerprint density at radius 1 is 0.962 bits per heavy atom. The van der Waals surface area contributed by atoms with E-state index in [0.717, 1.165) is 22.2 Å². The van der Waals surface area contributed by atoms with Crippen molar-refractivity contribution >= 4 is 22.2 Å².